The van der Waals surface area contributed by atoms with E-state index in [1.807, 2.05) is 19.1 Å². The van der Waals surface area contributed by atoms with Crippen LogP contribution in [0.15, 0.2) is 42.5 Å². The number of benzene rings is 2. The molecule has 0 unspecified atom stereocenters. The van der Waals surface area contributed by atoms with E-state index in [-0.39, 0.29) is 0 Å². The molecule has 0 heterocycles. The first-order valence-electron chi connectivity index (χ1n) is 6.82. The average Bonchev–Trinajstić information content (AvgIpc) is 3.26. The van der Waals surface area contributed by atoms with Gasteiger partial charge in [0, 0.05) is 17.3 Å². The van der Waals surface area contributed by atoms with Crippen molar-refractivity contribution in [3.8, 4) is 0 Å². The highest BCUT2D eigenvalue weighted by Crippen LogP contribution is 2.39. The smallest absolute Gasteiger partial charge is 0.0455 e. The lowest BCUT2D eigenvalue weighted by Gasteiger charge is -2.11. The lowest BCUT2D eigenvalue weighted by molar-refractivity contribution is 1.10. The third-order valence-corrected chi connectivity index (χ3v) is 4.19. The van der Waals surface area contributed by atoms with Gasteiger partial charge >= 0.3 is 0 Å². The van der Waals surface area contributed by atoms with Gasteiger partial charge in [-0.1, -0.05) is 41.9 Å². The quantitative estimate of drug-likeness (QED) is 0.812. The lowest BCUT2D eigenvalue weighted by atomic mass is 10.1. The number of nitrogens with one attached hydrogen (secondary N) is 1. The van der Waals surface area contributed by atoms with Crippen LogP contribution >= 0.6 is 11.6 Å². The van der Waals surface area contributed by atoms with E-state index < -0.39 is 0 Å². The van der Waals surface area contributed by atoms with Crippen molar-refractivity contribution in [3.05, 3.63) is 64.2 Å². The fourth-order valence-corrected chi connectivity index (χ4v) is 2.50. The fourth-order valence-electron chi connectivity index (χ4n) is 2.32. The maximum atomic E-state index is 6.12. The maximum absolute atomic E-state index is 6.12. The Morgan fingerprint density at radius 1 is 1.11 bits per heavy atom. The third kappa shape index (κ3) is 2.93. The molecule has 1 nitrogen and oxygen atoms in total. The van der Waals surface area contributed by atoms with Crippen molar-refractivity contribution in [2.24, 2.45) is 0 Å². The van der Waals surface area contributed by atoms with Crippen molar-refractivity contribution in [2.45, 2.75) is 32.2 Å². The predicted octanol–water partition coefficient (Wildman–Crippen LogP) is 5.14. The van der Waals surface area contributed by atoms with E-state index in [1.165, 1.54) is 24.0 Å². The molecule has 0 amide bonds. The van der Waals surface area contributed by atoms with Gasteiger partial charge in [0.2, 0.25) is 0 Å². The summed E-state index contributed by atoms with van der Waals surface area (Å²) in [5.74, 6) is 0.831. The molecule has 0 spiro atoms. The molecule has 3 rings (SSSR count). The molecule has 0 atom stereocenters. The molecule has 2 heteroatoms. The van der Waals surface area contributed by atoms with Crippen LogP contribution in [0, 0.1) is 6.92 Å². The van der Waals surface area contributed by atoms with Crippen LogP contribution in [-0.2, 0) is 6.54 Å². The molecule has 0 saturated heterocycles. The highest BCUT2D eigenvalue weighted by Gasteiger charge is 2.22. The van der Waals surface area contributed by atoms with Crippen LogP contribution in [-0.4, -0.2) is 0 Å². The summed E-state index contributed by atoms with van der Waals surface area (Å²) in [7, 11) is 0. The lowest BCUT2D eigenvalue weighted by Crippen LogP contribution is -2.01. The van der Waals surface area contributed by atoms with E-state index in [9.17, 15) is 0 Å². The first kappa shape index (κ1) is 12.6. The summed E-state index contributed by atoms with van der Waals surface area (Å²) in [6.45, 7) is 2.88. The molecule has 2 aromatic rings. The molecule has 0 bridgehead atoms. The van der Waals surface area contributed by atoms with Crippen LogP contribution in [0.1, 0.15) is 35.4 Å². The molecule has 1 fully saturated rings. The summed E-state index contributed by atoms with van der Waals surface area (Å²) in [6.07, 6.45) is 2.72. The second-order valence-corrected chi connectivity index (χ2v) is 5.69. The van der Waals surface area contributed by atoms with Crippen molar-refractivity contribution in [3.63, 3.8) is 0 Å². The highest BCUT2D eigenvalue weighted by atomic mass is 35.5. The Hall–Kier alpha value is -1.47. The molecule has 2 aromatic carbocycles. The Morgan fingerprint density at radius 3 is 2.53 bits per heavy atom. The Labute approximate surface area is 119 Å². The van der Waals surface area contributed by atoms with Gasteiger partial charge in [0.15, 0.2) is 0 Å². The maximum Gasteiger partial charge on any atom is 0.0455 e. The Kier molecular flexibility index (Phi) is 3.48. The normalized spacial score (nSPS) is 14.4. The van der Waals surface area contributed by atoms with Crippen molar-refractivity contribution in [1.82, 2.24) is 0 Å². The van der Waals surface area contributed by atoms with Gasteiger partial charge in [0.05, 0.1) is 0 Å². The summed E-state index contributed by atoms with van der Waals surface area (Å²) in [6, 6.07) is 14.9. The largest absolute Gasteiger partial charge is 0.381 e. The zero-order chi connectivity index (χ0) is 13.2. The summed E-state index contributed by atoms with van der Waals surface area (Å²) < 4.78 is 0. The molecule has 0 radical (unpaired) electrons. The zero-order valence-electron chi connectivity index (χ0n) is 11.1. The van der Waals surface area contributed by atoms with Gasteiger partial charge in [-0.3, -0.25) is 0 Å². The molecule has 0 aliphatic heterocycles. The van der Waals surface area contributed by atoms with Crippen molar-refractivity contribution in [2.75, 3.05) is 5.32 Å². The predicted molar refractivity (Wildman–Crippen MR) is 81.9 cm³/mol. The van der Waals surface area contributed by atoms with Crippen LogP contribution < -0.4 is 5.32 Å². The number of rotatable bonds is 4. The topological polar surface area (TPSA) is 12.0 Å². The highest BCUT2D eigenvalue weighted by molar-refractivity contribution is 6.31. The molecule has 1 N–H and O–H groups in total. The van der Waals surface area contributed by atoms with Gasteiger partial charge in [-0.15, -0.1) is 0 Å². The van der Waals surface area contributed by atoms with Crippen LogP contribution in [0.2, 0.25) is 5.02 Å². The van der Waals surface area contributed by atoms with Gasteiger partial charge in [-0.05, 0) is 54.5 Å². The van der Waals surface area contributed by atoms with Gasteiger partial charge < -0.3 is 5.32 Å². The van der Waals surface area contributed by atoms with E-state index in [0.29, 0.717) is 0 Å². The molecular formula is C17H18ClN. The van der Waals surface area contributed by atoms with Gasteiger partial charge in [0.25, 0.3) is 0 Å². The molecule has 19 heavy (non-hydrogen) atoms. The second-order valence-electron chi connectivity index (χ2n) is 5.28. The molecule has 98 valence electrons. The number of halogens is 1. The van der Waals surface area contributed by atoms with E-state index in [4.69, 9.17) is 11.6 Å². The van der Waals surface area contributed by atoms with E-state index >= 15 is 0 Å². The van der Waals surface area contributed by atoms with Crippen molar-refractivity contribution in [1.29, 1.82) is 0 Å². The summed E-state index contributed by atoms with van der Waals surface area (Å²) in [4.78, 5) is 0. The SMILES string of the molecule is Cc1c(Cl)cccc1NCc1ccc(C2CC2)cc1. The summed E-state index contributed by atoms with van der Waals surface area (Å²) in [5, 5.41) is 4.26. The minimum absolute atomic E-state index is 0.814. The van der Waals surface area contributed by atoms with Crippen molar-refractivity contribution >= 4 is 17.3 Å². The van der Waals surface area contributed by atoms with Crippen LogP contribution in [0.4, 0.5) is 5.69 Å². The standard InChI is InChI=1S/C17H18ClN/c1-12-16(18)3-2-4-17(12)19-11-13-5-7-14(8-6-13)15-9-10-15/h2-8,15,19H,9-11H2,1H3. The number of hydrogen-bond acceptors (Lipinski definition) is 1. The Balaban J connectivity index is 1.66. The average molecular weight is 272 g/mol. The fraction of sp³-hybridized carbons (Fsp3) is 0.294. The number of anilines is 1. The second kappa shape index (κ2) is 5.26. The van der Waals surface area contributed by atoms with Crippen LogP contribution in [0.25, 0.3) is 0 Å². The number of hydrogen-bond donors (Lipinski definition) is 1. The van der Waals surface area contributed by atoms with E-state index in [0.717, 1.165) is 28.7 Å². The van der Waals surface area contributed by atoms with Gasteiger partial charge in [-0.2, -0.15) is 0 Å². The minimum atomic E-state index is 0.814. The van der Waals surface area contributed by atoms with Crippen LogP contribution in [0.3, 0.4) is 0 Å². The molecule has 1 aliphatic rings. The summed E-state index contributed by atoms with van der Waals surface area (Å²) >= 11 is 6.12. The Bertz CT molecular complexity index is 570. The zero-order valence-corrected chi connectivity index (χ0v) is 11.9. The first-order valence-corrected chi connectivity index (χ1v) is 7.19. The molecule has 0 aromatic heterocycles. The minimum Gasteiger partial charge on any atom is -0.381 e. The molecule has 1 saturated carbocycles. The van der Waals surface area contributed by atoms with E-state index in [2.05, 4.69) is 35.6 Å². The van der Waals surface area contributed by atoms with E-state index in [1.54, 1.807) is 0 Å². The molecule has 1 aliphatic carbocycles. The van der Waals surface area contributed by atoms with Gasteiger partial charge in [0.1, 0.15) is 0 Å². The molecular weight excluding hydrogens is 254 g/mol. The van der Waals surface area contributed by atoms with Crippen molar-refractivity contribution < 1.29 is 0 Å². The first-order chi connectivity index (χ1) is 9.24. The summed E-state index contributed by atoms with van der Waals surface area (Å²) in [5.41, 5.74) is 5.02. The third-order valence-electron chi connectivity index (χ3n) is 3.78. The Morgan fingerprint density at radius 2 is 1.84 bits per heavy atom. The monoisotopic (exact) mass is 271 g/mol. The van der Waals surface area contributed by atoms with Gasteiger partial charge in [-0.25, -0.2) is 0 Å². The van der Waals surface area contributed by atoms with Crippen LogP contribution in [0.5, 0.6) is 0 Å².